The van der Waals surface area contributed by atoms with Gasteiger partial charge in [0, 0.05) is 32.5 Å². The van der Waals surface area contributed by atoms with E-state index in [0.29, 0.717) is 25.4 Å². The molecule has 0 saturated carbocycles. The number of hydrogen-bond acceptors (Lipinski definition) is 5. The van der Waals surface area contributed by atoms with E-state index < -0.39 is 10.0 Å². The van der Waals surface area contributed by atoms with Gasteiger partial charge in [0.05, 0.1) is 5.56 Å². The summed E-state index contributed by atoms with van der Waals surface area (Å²) in [6.45, 7) is 1.77. The van der Waals surface area contributed by atoms with Crippen molar-refractivity contribution in [2.75, 3.05) is 32.5 Å². The van der Waals surface area contributed by atoms with Crippen LogP contribution in [0.4, 0.5) is 5.69 Å². The first-order valence-electron chi connectivity index (χ1n) is 6.79. The van der Waals surface area contributed by atoms with Crippen LogP contribution in [0.2, 0.25) is 0 Å². The van der Waals surface area contributed by atoms with Gasteiger partial charge in [0.1, 0.15) is 11.0 Å². The molecule has 0 aliphatic carbocycles. The number of ether oxygens (including phenoxy) is 1. The van der Waals surface area contributed by atoms with Gasteiger partial charge in [-0.1, -0.05) is 0 Å². The highest BCUT2D eigenvalue weighted by Crippen LogP contribution is 2.24. The van der Waals surface area contributed by atoms with E-state index in [-0.39, 0.29) is 16.4 Å². The summed E-state index contributed by atoms with van der Waals surface area (Å²) in [5.74, 6) is 0.290. The molecule has 0 unspecified atom stereocenters. The van der Waals surface area contributed by atoms with Crippen LogP contribution in [0.3, 0.4) is 0 Å². The average molecular weight is 309 g/mol. The zero-order valence-corrected chi connectivity index (χ0v) is 12.8. The van der Waals surface area contributed by atoms with E-state index in [1.54, 1.807) is 7.05 Å². The van der Waals surface area contributed by atoms with E-state index in [1.165, 1.54) is 22.5 Å². The lowest BCUT2D eigenvalue weighted by molar-refractivity contribution is 0.0620. The molecule has 0 radical (unpaired) electrons. The first-order valence-corrected chi connectivity index (χ1v) is 8.23. The van der Waals surface area contributed by atoms with Gasteiger partial charge in [0.15, 0.2) is 0 Å². The minimum atomic E-state index is -3.68. The number of anilines is 1. The Morgan fingerprint density at radius 3 is 2.71 bits per heavy atom. The van der Waals surface area contributed by atoms with Crippen LogP contribution in [-0.2, 0) is 14.8 Å². The minimum Gasteiger partial charge on any atom is -0.399 e. The Labute approximate surface area is 125 Å². The predicted molar refractivity (Wildman–Crippen MR) is 78.9 cm³/mol. The van der Waals surface area contributed by atoms with E-state index in [9.17, 15) is 8.42 Å². The fourth-order valence-corrected chi connectivity index (χ4v) is 3.78. The van der Waals surface area contributed by atoms with Crippen molar-refractivity contribution in [2.24, 2.45) is 5.92 Å². The Morgan fingerprint density at radius 1 is 1.43 bits per heavy atom. The molecule has 1 aromatic rings. The number of nitrogens with two attached hydrogens (primary N) is 1. The van der Waals surface area contributed by atoms with Gasteiger partial charge in [0.2, 0.25) is 10.0 Å². The van der Waals surface area contributed by atoms with Gasteiger partial charge in [0.25, 0.3) is 0 Å². The normalized spacial score (nSPS) is 16.8. The fourth-order valence-electron chi connectivity index (χ4n) is 2.42. The minimum absolute atomic E-state index is 0.00811. The van der Waals surface area contributed by atoms with Crippen LogP contribution in [0.15, 0.2) is 23.1 Å². The van der Waals surface area contributed by atoms with Crippen molar-refractivity contribution >= 4 is 15.7 Å². The van der Waals surface area contributed by atoms with Crippen molar-refractivity contribution < 1.29 is 13.2 Å². The topological polar surface area (TPSA) is 96.4 Å². The standard InChI is InChI=1S/C14H19N3O3S/c1-17(10-11-4-6-20-7-5-11)21(18,19)14-3-2-13(16)8-12(14)9-15/h2-3,8,11H,4-7,10,16H2,1H3. The van der Waals surface area contributed by atoms with Gasteiger partial charge in [-0.15, -0.1) is 0 Å². The Morgan fingerprint density at radius 2 is 2.10 bits per heavy atom. The molecule has 7 heteroatoms. The zero-order valence-electron chi connectivity index (χ0n) is 11.9. The molecule has 21 heavy (non-hydrogen) atoms. The van der Waals surface area contributed by atoms with Gasteiger partial charge < -0.3 is 10.5 Å². The molecule has 1 heterocycles. The number of nitrogens with zero attached hydrogens (tertiary/aromatic N) is 2. The second kappa shape index (κ2) is 6.43. The van der Waals surface area contributed by atoms with Crippen molar-refractivity contribution in [3.63, 3.8) is 0 Å². The third kappa shape index (κ3) is 3.53. The predicted octanol–water partition coefficient (Wildman–Crippen LogP) is 1.19. The van der Waals surface area contributed by atoms with Crippen LogP contribution < -0.4 is 5.73 Å². The average Bonchev–Trinajstić information content (AvgIpc) is 2.47. The summed E-state index contributed by atoms with van der Waals surface area (Å²) in [6.07, 6.45) is 1.71. The molecule has 0 amide bonds. The van der Waals surface area contributed by atoms with Crippen LogP contribution in [0.5, 0.6) is 0 Å². The monoisotopic (exact) mass is 309 g/mol. The van der Waals surface area contributed by atoms with E-state index >= 15 is 0 Å². The largest absolute Gasteiger partial charge is 0.399 e. The van der Waals surface area contributed by atoms with Crippen molar-refractivity contribution in [1.29, 1.82) is 5.26 Å². The van der Waals surface area contributed by atoms with Crippen LogP contribution in [0, 0.1) is 17.2 Å². The second-order valence-electron chi connectivity index (χ2n) is 5.21. The molecule has 2 rings (SSSR count). The lowest BCUT2D eigenvalue weighted by Gasteiger charge is -2.27. The third-order valence-corrected chi connectivity index (χ3v) is 5.55. The van der Waals surface area contributed by atoms with Crippen LogP contribution in [-0.4, -0.2) is 39.5 Å². The number of benzene rings is 1. The number of nitrogen functional groups attached to an aromatic ring is 1. The van der Waals surface area contributed by atoms with Crippen LogP contribution in [0.1, 0.15) is 18.4 Å². The van der Waals surface area contributed by atoms with Crippen molar-refractivity contribution in [3.05, 3.63) is 23.8 Å². The summed E-state index contributed by atoms with van der Waals surface area (Å²) >= 11 is 0. The smallest absolute Gasteiger partial charge is 0.244 e. The summed E-state index contributed by atoms with van der Waals surface area (Å²) in [7, 11) is -2.14. The Kier molecular flexibility index (Phi) is 4.83. The maximum absolute atomic E-state index is 12.6. The summed E-state index contributed by atoms with van der Waals surface area (Å²) in [4.78, 5) is 0.00811. The van der Waals surface area contributed by atoms with E-state index in [4.69, 9.17) is 15.7 Å². The quantitative estimate of drug-likeness (QED) is 0.843. The van der Waals surface area contributed by atoms with E-state index in [0.717, 1.165) is 12.8 Å². The molecule has 1 fully saturated rings. The van der Waals surface area contributed by atoms with Crippen molar-refractivity contribution in [3.8, 4) is 6.07 Å². The molecule has 0 atom stereocenters. The Balaban J connectivity index is 2.23. The van der Waals surface area contributed by atoms with E-state index in [1.807, 2.05) is 6.07 Å². The highest BCUT2D eigenvalue weighted by Gasteiger charge is 2.27. The molecule has 2 N–H and O–H groups in total. The zero-order chi connectivity index (χ0) is 15.5. The first kappa shape index (κ1) is 15.8. The van der Waals surface area contributed by atoms with Gasteiger partial charge >= 0.3 is 0 Å². The summed E-state index contributed by atoms with van der Waals surface area (Å²) in [6, 6.07) is 6.17. The summed E-state index contributed by atoms with van der Waals surface area (Å²) in [5.41, 5.74) is 6.05. The lowest BCUT2D eigenvalue weighted by Crippen LogP contribution is -2.34. The first-order chi connectivity index (χ1) is 9.95. The van der Waals surface area contributed by atoms with Crippen LogP contribution >= 0.6 is 0 Å². The molecule has 1 aliphatic rings. The number of rotatable bonds is 4. The summed E-state index contributed by atoms with van der Waals surface area (Å²) in [5, 5.41) is 9.10. The number of sulfonamides is 1. The van der Waals surface area contributed by atoms with Gasteiger partial charge in [-0.3, -0.25) is 0 Å². The maximum Gasteiger partial charge on any atom is 0.244 e. The maximum atomic E-state index is 12.6. The fraction of sp³-hybridized carbons (Fsp3) is 0.500. The van der Waals surface area contributed by atoms with E-state index in [2.05, 4.69) is 0 Å². The Bertz CT molecular complexity index is 646. The van der Waals surface area contributed by atoms with Gasteiger partial charge in [-0.05, 0) is 37.0 Å². The SMILES string of the molecule is CN(CC1CCOCC1)S(=O)(=O)c1ccc(N)cc1C#N. The molecule has 0 bridgehead atoms. The molecule has 1 aliphatic heterocycles. The molecule has 1 aromatic carbocycles. The highest BCUT2D eigenvalue weighted by atomic mass is 32.2. The van der Waals surface area contributed by atoms with Crippen LogP contribution in [0.25, 0.3) is 0 Å². The highest BCUT2D eigenvalue weighted by molar-refractivity contribution is 7.89. The second-order valence-corrected chi connectivity index (χ2v) is 7.22. The molecule has 1 saturated heterocycles. The molecular weight excluding hydrogens is 290 g/mol. The van der Waals surface area contributed by atoms with Gasteiger partial charge in [-0.2, -0.15) is 5.26 Å². The molecule has 0 spiro atoms. The Hall–Kier alpha value is -1.62. The summed E-state index contributed by atoms with van der Waals surface area (Å²) < 4.78 is 31.8. The molecular formula is C14H19N3O3S. The lowest BCUT2D eigenvalue weighted by atomic mass is 10.0. The molecule has 6 nitrogen and oxygen atoms in total. The van der Waals surface area contributed by atoms with Gasteiger partial charge in [-0.25, -0.2) is 12.7 Å². The number of hydrogen-bond donors (Lipinski definition) is 1. The number of nitriles is 1. The van der Waals surface area contributed by atoms with Crippen molar-refractivity contribution in [2.45, 2.75) is 17.7 Å². The van der Waals surface area contributed by atoms with Crippen molar-refractivity contribution in [1.82, 2.24) is 4.31 Å². The molecule has 114 valence electrons. The molecule has 0 aromatic heterocycles. The third-order valence-electron chi connectivity index (χ3n) is 3.67.